The molecule has 19 heavy (non-hydrogen) atoms. The van der Waals surface area contributed by atoms with Crippen molar-refractivity contribution in [3.8, 4) is 5.75 Å². The van der Waals surface area contributed by atoms with E-state index in [-0.39, 0.29) is 11.3 Å². The average Bonchev–Trinajstić information content (AvgIpc) is 2.36. The topological polar surface area (TPSA) is 49.3 Å². The summed E-state index contributed by atoms with van der Waals surface area (Å²) >= 11 is 0. The van der Waals surface area contributed by atoms with E-state index in [1.54, 1.807) is 6.92 Å². The average molecular weight is 263 g/mol. The molecule has 0 saturated carbocycles. The van der Waals surface area contributed by atoms with Gasteiger partial charge in [-0.3, -0.25) is 4.79 Å². The second kappa shape index (κ2) is 5.06. The third-order valence-electron chi connectivity index (χ3n) is 2.65. The lowest BCUT2D eigenvalue weighted by Gasteiger charge is -2.08. The minimum Gasteiger partial charge on any atom is -0.505 e. The number of aromatic hydroxyl groups is 1. The highest BCUT2D eigenvalue weighted by Gasteiger charge is 2.11. The summed E-state index contributed by atoms with van der Waals surface area (Å²) < 4.78 is 26.2. The first kappa shape index (κ1) is 13.0. The van der Waals surface area contributed by atoms with Gasteiger partial charge in [-0.25, -0.2) is 8.78 Å². The molecule has 2 aromatic carbocycles. The Morgan fingerprint density at radius 1 is 1.16 bits per heavy atom. The number of phenolic OH excluding ortho intramolecular Hbond substituents is 1. The maximum Gasteiger partial charge on any atom is 0.256 e. The Hall–Kier alpha value is -2.43. The van der Waals surface area contributed by atoms with E-state index < -0.39 is 23.3 Å². The summed E-state index contributed by atoms with van der Waals surface area (Å²) in [6.07, 6.45) is 0. The molecule has 0 fully saturated rings. The maximum absolute atomic E-state index is 13.1. The third-order valence-corrected chi connectivity index (χ3v) is 2.65. The molecule has 98 valence electrons. The van der Waals surface area contributed by atoms with Gasteiger partial charge in [0.15, 0.2) is 11.6 Å². The van der Waals surface area contributed by atoms with Crippen molar-refractivity contribution >= 4 is 11.6 Å². The van der Waals surface area contributed by atoms with Crippen molar-refractivity contribution in [1.82, 2.24) is 0 Å². The van der Waals surface area contributed by atoms with Gasteiger partial charge in [-0.1, -0.05) is 6.07 Å². The van der Waals surface area contributed by atoms with Crippen LogP contribution >= 0.6 is 0 Å². The zero-order chi connectivity index (χ0) is 14.0. The lowest BCUT2D eigenvalue weighted by atomic mass is 10.1. The second-order valence-electron chi connectivity index (χ2n) is 4.08. The summed E-state index contributed by atoms with van der Waals surface area (Å²) in [5.74, 6) is -2.40. The van der Waals surface area contributed by atoms with Crippen LogP contribution in [0.2, 0.25) is 0 Å². The Balaban J connectivity index is 2.25. The van der Waals surface area contributed by atoms with Gasteiger partial charge in [-0.15, -0.1) is 0 Å². The van der Waals surface area contributed by atoms with Crippen LogP contribution in [-0.2, 0) is 0 Å². The molecule has 2 N–H and O–H groups in total. The largest absolute Gasteiger partial charge is 0.505 e. The number of hydrogen-bond acceptors (Lipinski definition) is 2. The van der Waals surface area contributed by atoms with Crippen molar-refractivity contribution < 1.29 is 18.7 Å². The Labute approximate surface area is 108 Å². The van der Waals surface area contributed by atoms with Crippen LogP contribution in [0.4, 0.5) is 14.5 Å². The summed E-state index contributed by atoms with van der Waals surface area (Å²) in [6, 6.07) is 7.33. The smallest absolute Gasteiger partial charge is 0.256 e. The number of carbonyl (C=O) groups excluding carboxylic acids is 1. The van der Waals surface area contributed by atoms with Crippen LogP contribution in [0.3, 0.4) is 0 Å². The van der Waals surface area contributed by atoms with Crippen molar-refractivity contribution in [3.05, 3.63) is 59.2 Å². The highest BCUT2D eigenvalue weighted by atomic mass is 19.1. The number of halogens is 2. The Morgan fingerprint density at radius 3 is 2.58 bits per heavy atom. The van der Waals surface area contributed by atoms with Crippen molar-refractivity contribution in [2.45, 2.75) is 6.92 Å². The molecule has 0 aliphatic heterocycles. The van der Waals surface area contributed by atoms with Gasteiger partial charge in [-0.2, -0.15) is 0 Å². The number of benzene rings is 2. The fourth-order valence-corrected chi connectivity index (χ4v) is 1.62. The molecule has 0 aromatic heterocycles. The third kappa shape index (κ3) is 2.88. The fraction of sp³-hybridized carbons (Fsp3) is 0.0714. The lowest BCUT2D eigenvalue weighted by Crippen LogP contribution is -2.13. The number of aryl methyl sites for hydroxylation is 1. The summed E-state index contributed by atoms with van der Waals surface area (Å²) in [6.45, 7) is 1.67. The molecule has 2 aromatic rings. The number of nitrogens with one attached hydrogen (secondary N) is 1. The van der Waals surface area contributed by atoms with E-state index in [0.29, 0.717) is 5.56 Å². The van der Waals surface area contributed by atoms with Crippen LogP contribution in [0.5, 0.6) is 5.75 Å². The number of hydrogen-bond donors (Lipinski definition) is 2. The highest BCUT2D eigenvalue weighted by Crippen LogP contribution is 2.20. The predicted molar refractivity (Wildman–Crippen MR) is 67.2 cm³/mol. The lowest BCUT2D eigenvalue weighted by molar-refractivity contribution is 0.102. The molecular weight excluding hydrogens is 252 g/mol. The molecule has 0 radical (unpaired) electrons. The number of phenols is 1. The molecule has 0 unspecified atom stereocenters. The molecule has 0 heterocycles. The number of rotatable bonds is 2. The van der Waals surface area contributed by atoms with Crippen molar-refractivity contribution in [2.24, 2.45) is 0 Å². The fourth-order valence-electron chi connectivity index (χ4n) is 1.62. The van der Waals surface area contributed by atoms with Gasteiger partial charge in [0, 0.05) is 17.3 Å². The van der Waals surface area contributed by atoms with Gasteiger partial charge in [0.05, 0.1) is 0 Å². The van der Waals surface area contributed by atoms with Crippen LogP contribution in [-0.4, -0.2) is 11.0 Å². The first-order valence-corrected chi connectivity index (χ1v) is 5.53. The van der Waals surface area contributed by atoms with E-state index in [9.17, 15) is 13.6 Å². The molecule has 0 aliphatic carbocycles. The van der Waals surface area contributed by atoms with Gasteiger partial charge >= 0.3 is 0 Å². The standard InChI is InChI=1S/C14H11F2NO2/c1-8-2-3-9(15)6-11(8)14(19)17-10-4-5-13(18)12(16)7-10/h2-7,18H,1H3,(H,17,19). The quantitative estimate of drug-likeness (QED) is 0.817. The van der Waals surface area contributed by atoms with Gasteiger partial charge < -0.3 is 10.4 Å². The minimum atomic E-state index is -0.839. The van der Waals surface area contributed by atoms with E-state index in [1.807, 2.05) is 0 Å². The van der Waals surface area contributed by atoms with E-state index >= 15 is 0 Å². The molecule has 0 aliphatic rings. The Morgan fingerprint density at radius 2 is 1.89 bits per heavy atom. The summed E-state index contributed by atoms with van der Waals surface area (Å²) in [4.78, 5) is 11.9. The first-order valence-electron chi connectivity index (χ1n) is 5.53. The van der Waals surface area contributed by atoms with Crippen molar-refractivity contribution in [3.63, 3.8) is 0 Å². The predicted octanol–water partition coefficient (Wildman–Crippen LogP) is 3.23. The van der Waals surface area contributed by atoms with Gasteiger partial charge in [0.25, 0.3) is 5.91 Å². The number of carbonyl (C=O) groups is 1. The highest BCUT2D eigenvalue weighted by molar-refractivity contribution is 6.05. The molecule has 0 atom stereocenters. The van der Waals surface area contributed by atoms with Gasteiger partial charge in [0.2, 0.25) is 0 Å². The summed E-state index contributed by atoms with van der Waals surface area (Å²) in [5, 5.41) is 11.5. The molecule has 2 rings (SSSR count). The van der Waals surface area contributed by atoms with E-state index in [1.165, 1.54) is 18.2 Å². The zero-order valence-electron chi connectivity index (χ0n) is 10.1. The molecule has 0 spiro atoms. The Bertz CT molecular complexity index is 641. The Kier molecular flexibility index (Phi) is 3.46. The van der Waals surface area contributed by atoms with Crippen LogP contribution < -0.4 is 5.32 Å². The number of amides is 1. The van der Waals surface area contributed by atoms with Crippen LogP contribution in [0.1, 0.15) is 15.9 Å². The molecule has 0 bridgehead atoms. The van der Waals surface area contributed by atoms with E-state index in [2.05, 4.69) is 5.32 Å². The summed E-state index contributed by atoms with van der Waals surface area (Å²) in [7, 11) is 0. The minimum absolute atomic E-state index is 0.175. The molecule has 3 nitrogen and oxygen atoms in total. The maximum atomic E-state index is 13.1. The van der Waals surface area contributed by atoms with Crippen LogP contribution in [0.25, 0.3) is 0 Å². The van der Waals surface area contributed by atoms with Crippen molar-refractivity contribution in [2.75, 3.05) is 5.32 Å². The van der Waals surface area contributed by atoms with Gasteiger partial charge in [-0.05, 0) is 36.8 Å². The zero-order valence-corrected chi connectivity index (χ0v) is 10.1. The normalized spacial score (nSPS) is 10.3. The number of anilines is 1. The molecular formula is C14H11F2NO2. The van der Waals surface area contributed by atoms with Gasteiger partial charge in [0.1, 0.15) is 5.82 Å². The van der Waals surface area contributed by atoms with E-state index in [4.69, 9.17) is 5.11 Å². The van der Waals surface area contributed by atoms with Crippen LogP contribution in [0, 0.1) is 18.6 Å². The van der Waals surface area contributed by atoms with Crippen molar-refractivity contribution in [1.29, 1.82) is 0 Å². The van der Waals surface area contributed by atoms with E-state index in [0.717, 1.165) is 18.2 Å². The molecule has 5 heteroatoms. The second-order valence-corrected chi connectivity index (χ2v) is 4.08. The molecule has 0 saturated heterocycles. The first-order chi connectivity index (χ1) is 8.97. The monoisotopic (exact) mass is 263 g/mol. The molecule has 1 amide bonds. The van der Waals surface area contributed by atoms with Crippen LogP contribution in [0.15, 0.2) is 36.4 Å². The summed E-state index contributed by atoms with van der Waals surface area (Å²) in [5.41, 5.74) is 0.968. The SMILES string of the molecule is Cc1ccc(F)cc1C(=O)Nc1ccc(O)c(F)c1.